The Kier molecular flexibility index (Phi) is 14.4. The second-order valence-corrected chi connectivity index (χ2v) is 19.8. The molecule has 4 aromatic rings. The van der Waals surface area contributed by atoms with Crippen molar-refractivity contribution in [2.45, 2.75) is 139 Å². The minimum Gasteiger partial charge on any atom is -0.392 e. The molecular formula is C49H62N4O7S. The number of likely N-dealkylation sites (tertiary alicyclic amines) is 1. The molecular weight excluding hydrogens is 789 g/mol. The number of aliphatic hydroxyl groups excluding tert-OH is 1. The highest BCUT2D eigenvalue weighted by molar-refractivity contribution is 7.89. The SMILES string of the molecule is Cc1ccc(S(=O)(=O)NC(Cc2ccccc2)C(=O)NCc2ccc(C3OC(CN4C(C(=O)NC(C)(C)C)CCC5CCCCC54)CC(c4ccc(CO)cc4)O3)cc2)cc1. The van der Waals surface area contributed by atoms with E-state index in [1.54, 1.807) is 12.1 Å². The molecule has 3 aliphatic rings. The second kappa shape index (κ2) is 19.7. The van der Waals surface area contributed by atoms with E-state index in [1.165, 1.54) is 25.0 Å². The van der Waals surface area contributed by atoms with Crippen molar-refractivity contribution in [3.05, 3.63) is 137 Å². The van der Waals surface area contributed by atoms with Crippen LogP contribution in [0, 0.1) is 12.8 Å². The smallest absolute Gasteiger partial charge is 0.241 e. The van der Waals surface area contributed by atoms with Gasteiger partial charge in [-0.15, -0.1) is 0 Å². The van der Waals surface area contributed by atoms with Gasteiger partial charge in [-0.3, -0.25) is 14.5 Å². The number of fused-ring (bicyclic) bond motifs is 1. The van der Waals surface area contributed by atoms with E-state index in [1.807, 2.05) is 107 Å². The summed E-state index contributed by atoms with van der Waals surface area (Å²) in [4.78, 5) is 30.1. The van der Waals surface area contributed by atoms with Gasteiger partial charge in [0.05, 0.1) is 29.8 Å². The van der Waals surface area contributed by atoms with Crippen molar-refractivity contribution >= 4 is 21.8 Å². The van der Waals surface area contributed by atoms with Gasteiger partial charge in [0.1, 0.15) is 6.04 Å². The highest BCUT2D eigenvalue weighted by atomic mass is 32.2. The number of hydrogen-bond donors (Lipinski definition) is 4. The molecule has 2 aliphatic heterocycles. The monoisotopic (exact) mass is 850 g/mol. The molecule has 7 rings (SSSR count). The Labute approximate surface area is 361 Å². The average molecular weight is 851 g/mol. The summed E-state index contributed by atoms with van der Waals surface area (Å²) in [6.45, 7) is 8.72. The van der Waals surface area contributed by atoms with E-state index in [-0.39, 0.29) is 54.2 Å². The van der Waals surface area contributed by atoms with Crippen molar-refractivity contribution in [3.8, 4) is 0 Å². The zero-order chi connectivity index (χ0) is 43.1. The molecule has 326 valence electrons. The Morgan fingerprint density at radius 1 is 0.803 bits per heavy atom. The molecule has 7 unspecified atom stereocenters. The van der Waals surface area contributed by atoms with Crippen molar-refractivity contribution in [3.63, 3.8) is 0 Å². The van der Waals surface area contributed by atoms with E-state index in [9.17, 15) is 23.1 Å². The number of rotatable bonds is 14. The Balaban J connectivity index is 1.07. The van der Waals surface area contributed by atoms with E-state index in [0.29, 0.717) is 24.9 Å². The molecule has 7 atom stereocenters. The van der Waals surface area contributed by atoms with Crippen LogP contribution in [-0.4, -0.2) is 66.6 Å². The van der Waals surface area contributed by atoms with Gasteiger partial charge in [0.15, 0.2) is 6.29 Å². The fourth-order valence-electron chi connectivity index (χ4n) is 9.11. The predicted octanol–water partition coefficient (Wildman–Crippen LogP) is 7.18. The third-order valence-corrected chi connectivity index (χ3v) is 13.8. The van der Waals surface area contributed by atoms with Crippen molar-refractivity contribution in [1.82, 2.24) is 20.3 Å². The summed E-state index contributed by atoms with van der Waals surface area (Å²) >= 11 is 0. The number of sulfonamides is 1. The highest BCUT2D eigenvalue weighted by Gasteiger charge is 2.44. The molecule has 3 fully saturated rings. The molecule has 12 heteroatoms. The zero-order valence-corrected chi connectivity index (χ0v) is 36.7. The molecule has 0 bridgehead atoms. The third-order valence-electron chi connectivity index (χ3n) is 12.3. The first kappa shape index (κ1) is 44.6. The number of amides is 2. The van der Waals surface area contributed by atoms with Crippen LogP contribution in [0.4, 0.5) is 0 Å². The summed E-state index contributed by atoms with van der Waals surface area (Å²) in [7, 11) is -3.98. The summed E-state index contributed by atoms with van der Waals surface area (Å²) < 4.78 is 43.0. The maximum Gasteiger partial charge on any atom is 0.241 e. The first-order valence-electron chi connectivity index (χ1n) is 21.8. The van der Waals surface area contributed by atoms with Crippen molar-refractivity contribution in [1.29, 1.82) is 0 Å². The van der Waals surface area contributed by atoms with Gasteiger partial charge in [0.25, 0.3) is 0 Å². The van der Waals surface area contributed by atoms with Crippen molar-refractivity contribution in [2.24, 2.45) is 5.92 Å². The van der Waals surface area contributed by atoms with E-state index < -0.39 is 28.3 Å². The molecule has 2 amide bonds. The lowest BCUT2D eigenvalue weighted by atomic mass is 9.75. The summed E-state index contributed by atoms with van der Waals surface area (Å²) in [5.41, 5.74) is 4.89. The standard InChI is InChI=1S/C49H62N4O7S/c1-33-14-25-41(26-15-33)61(57,58)52-42(28-34-10-6-5-7-11-34)46(55)50-30-35-16-22-39(23-17-35)48-59-40(29-45(60-48)38-20-18-36(32-54)19-21-38)31-53-43-13-9-8-12-37(43)24-27-44(53)47(56)51-49(2,3)4/h5-7,10-11,14-23,25-26,37,40,42-45,48,52,54H,8-9,12-13,24,27-32H2,1-4H3,(H,50,55)(H,51,56). The van der Waals surface area contributed by atoms with Crippen LogP contribution in [0.15, 0.2) is 108 Å². The predicted molar refractivity (Wildman–Crippen MR) is 236 cm³/mol. The molecule has 1 aliphatic carbocycles. The molecule has 0 radical (unpaired) electrons. The Hall–Kier alpha value is -4.43. The Bertz CT molecular complexity index is 2180. The van der Waals surface area contributed by atoms with Gasteiger partial charge in [-0.2, -0.15) is 4.72 Å². The van der Waals surface area contributed by atoms with Gasteiger partial charge in [0.2, 0.25) is 21.8 Å². The number of ether oxygens (including phenoxy) is 2. The first-order valence-corrected chi connectivity index (χ1v) is 23.3. The van der Waals surface area contributed by atoms with Crippen LogP contribution in [0.2, 0.25) is 0 Å². The van der Waals surface area contributed by atoms with E-state index in [2.05, 4.69) is 20.3 Å². The third kappa shape index (κ3) is 11.7. The minimum absolute atomic E-state index is 0.0424. The second-order valence-electron chi connectivity index (χ2n) is 18.1. The number of piperidine rings is 1. The zero-order valence-electron chi connectivity index (χ0n) is 35.9. The van der Waals surface area contributed by atoms with Crippen molar-refractivity contribution < 1.29 is 32.6 Å². The summed E-state index contributed by atoms with van der Waals surface area (Å²) in [6.07, 6.45) is 6.13. The maximum atomic E-state index is 13.9. The largest absolute Gasteiger partial charge is 0.392 e. The lowest BCUT2D eigenvalue weighted by Gasteiger charge is -2.50. The average Bonchev–Trinajstić information content (AvgIpc) is 3.25. The van der Waals surface area contributed by atoms with Gasteiger partial charge < -0.3 is 25.2 Å². The van der Waals surface area contributed by atoms with E-state index in [4.69, 9.17) is 9.47 Å². The molecule has 0 spiro atoms. The summed E-state index contributed by atoms with van der Waals surface area (Å²) in [5, 5.41) is 15.9. The number of aliphatic hydroxyl groups is 1. The van der Waals surface area contributed by atoms with Crippen LogP contribution in [-0.2, 0) is 48.7 Å². The topological polar surface area (TPSA) is 146 Å². The van der Waals surface area contributed by atoms with Crippen LogP contribution in [0.1, 0.15) is 111 Å². The molecule has 4 N–H and O–H groups in total. The fourth-order valence-corrected chi connectivity index (χ4v) is 10.3. The van der Waals surface area contributed by atoms with E-state index >= 15 is 0 Å². The number of carbonyl (C=O) groups excluding carboxylic acids is 2. The normalized spacial score (nSPS) is 24.0. The van der Waals surface area contributed by atoms with Gasteiger partial charge in [0, 0.05) is 36.7 Å². The number of hydrogen-bond acceptors (Lipinski definition) is 8. The molecule has 0 aromatic heterocycles. The lowest BCUT2D eigenvalue weighted by molar-refractivity contribution is -0.255. The van der Waals surface area contributed by atoms with Gasteiger partial charge in [-0.25, -0.2) is 8.42 Å². The Morgan fingerprint density at radius 2 is 1.48 bits per heavy atom. The van der Waals surface area contributed by atoms with Crippen LogP contribution in [0.3, 0.4) is 0 Å². The van der Waals surface area contributed by atoms with Gasteiger partial charge >= 0.3 is 0 Å². The minimum atomic E-state index is -3.98. The molecule has 2 heterocycles. The van der Waals surface area contributed by atoms with Gasteiger partial charge in [-0.05, 0) is 100 Å². The highest BCUT2D eigenvalue weighted by Crippen LogP contribution is 2.42. The summed E-state index contributed by atoms with van der Waals surface area (Å²) in [6, 6.07) is 30.5. The van der Waals surface area contributed by atoms with Crippen LogP contribution in [0.25, 0.3) is 0 Å². The molecule has 1 saturated carbocycles. The quantitative estimate of drug-likeness (QED) is 0.105. The number of carbonyl (C=O) groups is 2. The van der Waals surface area contributed by atoms with E-state index in [0.717, 1.165) is 59.1 Å². The number of aryl methyl sites for hydroxylation is 1. The maximum absolute atomic E-state index is 13.9. The lowest BCUT2D eigenvalue weighted by Crippen LogP contribution is -2.61. The van der Waals surface area contributed by atoms with Gasteiger partial charge in [-0.1, -0.05) is 109 Å². The number of nitrogens with zero attached hydrogens (tertiary/aromatic N) is 1. The molecule has 4 aromatic carbocycles. The van der Waals surface area contributed by atoms with Crippen LogP contribution in [0.5, 0.6) is 0 Å². The molecule has 11 nitrogen and oxygen atoms in total. The first-order chi connectivity index (χ1) is 29.2. The summed E-state index contributed by atoms with van der Waals surface area (Å²) in [5.74, 6) is 0.210. The Morgan fingerprint density at radius 3 is 2.16 bits per heavy atom. The number of benzene rings is 4. The molecule has 61 heavy (non-hydrogen) atoms. The van der Waals surface area contributed by atoms with Crippen LogP contribution < -0.4 is 15.4 Å². The van der Waals surface area contributed by atoms with Crippen molar-refractivity contribution in [2.75, 3.05) is 6.54 Å². The fraction of sp³-hybridized carbons (Fsp3) is 0.469. The molecule has 2 saturated heterocycles. The van der Waals surface area contributed by atoms with Crippen LogP contribution >= 0.6 is 0 Å². The number of nitrogens with one attached hydrogen (secondary N) is 3.